The van der Waals surface area contributed by atoms with Gasteiger partial charge in [-0.05, 0) is 24.3 Å². The van der Waals surface area contributed by atoms with Crippen molar-refractivity contribution in [3.8, 4) is 11.4 Å². The van der Waals surface area contributed by atoms with E-state index < -0.39 is 17.5 Å². The van der Waals surface area contributed by atoms with Crippen LogP contribution in [0.2, 0.25) is 10.2 Å². The molecule has 7 heteroatoms. The minimum Gasteiger partial charge on any atom is -0.228 e. The SMILES string of the molecule is Fc1cc2nc(-c3ccc(Cl)c(F)c3)nc(Cl)c2cc1F. The van der Waals surface area contributed by atoms with E-state index in [1.807, 2.05) is 0 Å². The van der Waals surface area contributed by atoms with Gasteiger partial charge in [-0.3, -0.25) is 0 Å². The van der Waals surface area contributed by atoms with Crippen LogP contribution in [0.5, 0.6) is 0 Å². The van der Waals surface area contributed by atoms with Crippen LogP contribution in [0.3, 0.4) is 0 Å². The summed E-state index contributed by atoms with van der Waals surface area (Å²) in [7, 11) is 0. The third-order valence-corrected chi connectivity index (χ3v) is 3.46. The molecule has 0 radical (unpaired) electrons. The molecule has 2 nitrogen and oxygen atoms in total. The van der Waals surface area contributed by atoms with Crippen molar-refractivity contribution in [1.29, 1.82) is 0 Å². The van der Waals surface area contributed by atoms with Crippen molar-refractivity contribution in [2.45, 2.75) is 0 Å². The smallest absolute Gasteiger partial charge is 0.161 e. The molecule has 21 heavy (non-hydrogen) atoms. The van der Waals surface area contributed by atoms with Gasteiger partial charge < -0.3 is 0 Å². The lowest BCUT2D eigenvalue weighted by Crippen LogP contribution is -1.95. The first-order chi connectivity index (χ1) is 9.95. The van der Waals surface area contributed by atoms with Crippen LogP contribution in [0.4, 0.5) is 13.2 Å². The lowest BCUT2D eigenvalue weighted by atomic mass is 10.2. The van der Waals surface area contributed by atoms with E-state index in [4.69, 9.17) is 23.2 Å². The minimum absolute atomic E-state index is 0.0428. The van der Waals surface area contributed by atoms with Crippen LogP contribution < -0.4 is 0 Å². The van der Waals surface area contributed by atoms with E-state index in [0.717, 1.165) is 18.2 Å². The maximum Gasteiger partial charge on any atom is 0.161 e. The average molecular weight is 329 g/mol. The molecule has 3 rings (SSSR count). The zero-order valence-electron chi connectivity index (χ0n) is 10.2. The summed E-state index contributed by atoms with van der Waals surface area (Å²) < 4.78 is 39.9. The molecule has 0 aliphatic heterocycles. The molecule has 3 aromatic rings. The predicted octanol–water partition coefficient (Wildman–Crippen LogP) is 5.02. The molecule has 0 amide bonds. The summed E-state index contributed by atoms with van der Waals surface area (Å²) >= 11 is 11.5. The molecule has 0 saturated carbocycles. The second-order valence-corrected chi connectivity index (χ2v) is 5.02. The van der Waals surface area contributed by atoms with Crippen LogP contribution in [-0.4, -0.2) is 9.97 Å². The van der Waals surface area contributed by atoms with E-state index in [-0.39, 0.29) is 26.9 Å². The van der Waals surface area contributed by atoms with Crippen molar-refractivity contribution < 1.29 is 13.2 Å². The number of halogens is 5. The number of fused-ring (bicyclic) bond motifs is 1. The molecule has 1 heterocycles. The fourth-order valence-corrected chi connectivity index (χ4v) is 2.20. The van der Waals surface area contributed by atoms with Crippen molar-refractivity contribution in [1.82, 2.24) is 9.97 Å². The number of aromatic nitrogens is 2. The van der Waals surface area contributed by atoms with Crippen molar-refractivity contribution in [2.75, 3.05) is 0 Å². The van der Waals surface area contributed by atoms with Crippen LogP contribution in [0.1, 0.15) is 0 Å². The molecule has 0 unspecified atom stereocenters. The molecule has 0 saturated heterocycles. The lowest BCUT2D eigenvalue weighted by molar-refractivity contribution is 0.510. The van der Waals surface area contributed by atoms with Crippen LogP contribution >= 0.6 is 23.2 Å². The Labute approximate surface area is 127 Å². The molecule has 0 aliphatic rings. The van der Waals surface area contributed by atoms with Crippen LogP contribution in [0, 0.1) is 17.5 Å². The molecule has 0 N–H and O–H groups in total. The van der Waals surface area contributed by atoms with Crippen molar-refractivity contribution in [3.63, 3.8) is 0 Å². The van der Waals surface area contributed by atoms with Gasteiger partial charge in [-0.25, -0.2) is 23.1 Å². The summed E-state index contributed by atoms with van der Waals surface area (Å²) in [5.74, 6) is -2.64. The first-order valence-electron chi connectivity index (χ1n) is 5.73. The Morgan fingerprint density at radius 3 is 2.24 bits per heavy atom. The fourth-order valence-electron chi connectivity index (χ4n) is 1.85. The second kappa shape index (κ2) is 5.16. The molecule has 0 fully saturated rings. The Balaban J connectivity index is 2.24. The normalized spacial score (nSPS) is 11.1. The van der Waals surface area contributed by atoms with Gasteiger partial charge in [0.05, 0.1) is 10.5 Å². The third kappa shape index (κ3) is 2.54. The van der Waals surface area contributed by atoms with Crippen molar-refractivity contribution >= 4 is 34.1 Å². The summed E-state index contributed by atoms with van der Waals surface area (Å²) in [6, 6.07) is 5.81. The Hall–Kier alpha value is -1.85. The molecule has 106 valence electrons. The quantitative estimate of drug-likeness (QED) is 0.586. The van der Waals surface area contributed by atoms with E-state index in [0.29, 0.717) is 5.56 Å². The topological polar surface area (TPSA) is 25.8 Å². The number of benzene rings is 2. The van der Waals surface area contributed by atoms with Gasteiger partial charge in [-0.15, -0.1) is 0 Å². The maximum atomic E-state index is 13.5. The summed E-state index contributed by atoms with van der Waals surface area (Å²) in [4.78, 5) is 8.04. The van der Waals surface area contributed by atoms with Gasteiger partial charge in [0.1, 0.15) is 11.0 Å². The lowest BCUT2D eigenvalue weighted by Gasteiger charge is -2.06. The third-order valence-electron chi connectivity index (χ3n) is 2.87. The van der Waals surface area contributed by atoms with E-state index in [1.54, 1.807) is 0 Å². The molecule has 1 aromatic heterocycles. The van der Waals surface area contributed by atoms with Crippen molar-refractivity contribution in [3.05, 3.63) is 58.0 Å². The summed E-state index contributed by atoms with van der Waals surface area (Å²) in [5, 5.41) is 0.0803. The number of hydrogen-bond acceptors (Lipinski definition) is 2. The zero-order chi connectivity index (χ0) is 15.1. The molecular weight excluding hydrogens is 324 g/mol. The van der Waals surface area contributed by atoms with Crippen LogP contribution in [0.25, 0.3) is 22.3 Å². The van der Waals surface area contributed by atoms with E-state index >= 15 is 0 Å². The number of rotatable bonds is 1. The van der Waals surface area contributed by atoms with Gasteiger partial charge in [0, 0.05) is 17.0 Å². The van der Waals surface area contributed by atoms with E-state index in [1.165, 1.54) is 12.1 Å². The van der Waals surface area contributed by atoms with Crippen molar-refractivity contribution in [2.24, 2.45) is 0 Å². The first-order valence-corrected chi connectivity index (χ1v) is 6.49. The largest absolute Gasteiger partial charge is 0.228 e. The molecule has 0 aliphatic carbocycles. The predicted molar refractivity (Wildman–Crippen MR) is 74.9 cm³/mol. The van der Waals surface area contributed by atoms with E-state index in [2.05, 4.69) is 9.97 Å². The molecular formula is C14H5Cl2F3N2. The van der Waals surface area contributed by atoms with Crippen LogP contribution in [-0.2, 0) is 0 Å². The highest BCUT2D eigenvalue weighted by Crippen LogP contribution is 2.28. The van der Waals surface area contributed by atoms with Gasteiger partial charge in [-0.1, -0.05) is 23.2 Å². The Morgan fingerprint density at radius 2 is 1.52 bits per heavy atom. The van der Waals surface area contributed by atoms with Gasteiger partial charge >= 0.3 is 0 Å². The maximum absolute atomic E-state index is 13.5. The highest BCUT2D eigenvalue weighted by atomic mass is 35.5. The molecule has 0 spiro atoms. The highest BCUT2D eigenvalue weighted by molar-refractivity contribution is 6.34. The van der Waals surface area contributed by atoms with Gasteiger partial charge in [0.15, 0.2) is 17.5 Å². The monoisotopic (exact) mass is 328 g/mol. The number of hydrogen-bond donors (Lipinski definition) is 0. The Bertz CT molecular complexity index is 868. The summed E-state index contributed by atoms with van der Waals surface area (Å²) in [6.45, 7) is 0. The first kappa shape index (κ1) is 14.1. The molecule has 0 atom stereocenters. The highest BCUT2D eigenvalue weighted by Gasteiger charge is 2.13. The van der Waals surface area contributed by atoms with Gasteiger partial charge in [0.25, 0.3) is 0 Å². The second-order valence-electron chi connectivity index (χ2n) is 4.25. The summed E-state index contributed by atoms with van der Waals surface area (Å²) in [6.07, 6.45) is 0. The Kier molecular flexibility index (Phi) is 3.47. The van der Waals surface area contributed by atoms with Gasteiger partial charge in [0.2, 0.25) is 0 Å². The zero-order valence-corrected chi connectivity index (χ0v) is 11.7. The van der Waals surface area contributed by atoms with E-state index in [9.17, 15) is 13.2 Å². The average Bonchev–Trinajstić information content (AvgIpc) is 2.44. The minimum atomic E-state index is -1.05. The summed E-state index contributed by atoms with van der Waals surface area (Å²) in [5.41, 5.74) is 0.449. The van der Waals surface area contributed by atoms with Crippen LogP contribution in [0.15, 0.2) is 30.3 Å². The molecule has 2 aromatic carbocycles. The standard InChI is InChI=1S/C14H5Cl2F3N2/c15-8-2-1-6(3-9(8)17)14-20-12-5-11(19)10(18)4-7(12)13(16)21-14/h1-5H. The number of nitrogens with zero attached hydrogens (tertiary/aromatic N) is 2. The Morgan fingerprint density at radius 1 is 0.810 bits per heavy atom. The van der Waals surface area contributed by atoms with Gasteiger partial charge in [-0.2, -0.15) is 0 Å². The fraction of sp³-hybridized carbons (Fsp3) is 0. The molecule has 0 bridgehead atoms.